The Kier molecular flexibility index (Phi) is 3.35. The van der Waals surface area contributed by atoms with E-state index in [9.17, 15) is 8.78 Å². The predicted molar refractivity (Wildman–Crippen MR) is 65.8 cm³/mol. The lowest BCUT2D eigenvalue weighted by atomic mass is 9.78. The monoisotopic (exact) mass is 259 g/mol. The van der Waals surface area contributed by atoms with E-state index in [0.717, 1.165) is 32.6 Å². The van der Waals surface area contributed by atoms with E-state index in [1.807, 2.05) is 0 Å². The van der Waals surface area contributed by atoms with Gasteiger partial charge in [-0.15, -0.1) is 0 Å². The maximum Gasteiger partial charge on any atom is 0.248 e. The second-order valence-electron chi connectivity index (χ2n) is 6.63. The van der Waals surface area contributed by atoms with Crippen molar-refractivity contribution >= 4 is 0 Å². The molecule has 18 heavy (non-hydrogen) atoms. The Labute approximate surface area is 107 Å². The molecule has 0 spiro atoms. The molecule has 1 aliphatic heterocycles. The van der Waals surface area contributed by atoms with Gasteiger partial charge in [-0.1, -0.05) is 0 Å². The zero-order valence-corrected chi connectivity index (χ0v) is 10.9. The van der Waals surface area contributed by atoms with Crippen molar-refractivity contribution in [2.45, 2.75) is 56.9 Å². The van der Waals surface area contributed by atoms with Crippen molar-refractivity contribution in [3.63, 3.8) is 0 Å². The van der Waals surface area contributed by atoms with Gasteiger partial charge in [0, 0.05) is 37.5 Å². The highest BCUT2D eigenvalue weighted by Gasteiger charge is 2.44. The summed E-state index contributed by atoms with van der Waals surface area (Å²) in [5.74, 6) is -2.21. The van der Waals surface area contributed by atoms with E-state index < -0.39 is 5.92 Å². The summed E-state index contributed by atoms with van der Waals surface area (Å²) >= 11 is 0. The number of rotatable bonds is 5. The normalized spacial score (nSPS) is 39.3. The SMILES string of the molecule is FC1(F)CCC(CC2(CNC3CC3)CCOC2)C1. The molecule has 2 aliphatic carbocycles. The Bertz CT molecular complexity index is 298. The minimum Gasteiger partial charge on any atom is -0.381 e. The quantitative estimate of drug-likeness (QED) is 0.819. The predicted octanol–water partition coefficient (Wildman–Crippen LogP) is 2.97. The average Bonchev–Trinajstić information content (AvgIpc) is 2.94. The minimum atomic E-state index is -2.41. The van der Waals surface area contributed by atoms with E-state index in [-0.39, 0.29) is 24.2 Å². The fraction of sp³-hybridized carbons (Fsp3) is 1.00. The lowest BCUT2D eigenvalue weighted by Crippen LogP contribution is -2.37. The molecule has 0 aromatic rings. The molecular formula is C14H23F2NO. The zero-order chi connectivity index (χ0) is 12.6. The molecule has 2 atom stereocenters. The Morgan fingerprint density at radius 3 is 2.56 bits per heavy atom. The fourth-order valence-electron chi connectivity index (χ4n) is 3.50. The van der Waals surface area contributed by atoms with Crippen LogP contribution in [0.1, 0.15) is 44.9 Å². The standard InChI is InChI=1S/C14H23F2NO/c15-14(16)4-3-11(8-14)7-13(5-6-18-10-13)9-17-12-1-2-12/h11-12,17H,1-10H2. The Balaban J connectivity index is 1.55. The van der Waals surface area contributed by atoms with E-state index >= 15 is 0 Å². The van der Waals surface area contributed by atoms with E-state index in [0.29, 0.717) is 12.5 Å². The first-order valence-electron chi connectivity index (χ1n) is 7.26. The van der Waals surface area contributed by atoms with Crippen LogP contribution < -0.4 is 5.32 Å². The summed E-state index contributed by atoms with van der Waals surface area (Å²) in [6, 6.07) is 0.687. The van der Waals surface area contributed by atoms with Crippen LogP contribution in [-0.4, -0.2) is 31.7 Å². The van der Waals surface area contributed by atoms with Gasteiger partial charge in [-0.3, -0.25) is 0 Å². The molecule has 1 saturated heterocycles. The van der Waals surface area contributed by atoms with Gasteiger partial charge in [0.1, 0.15) is 0 Å². The molecule has 3 rings (SSSR count). The van der Waals surface area contributed by atoms with Crippen molar-refractivity contribution in [2.24, 2.45) is 11.3 Å². The smallest absolute Gasteiger partial charge is 0.248 e. The molecule has 1 N–H and O–H groups in total. The summed E-state index contributed by atoms with van der Waals surface area (Å²) in [5, 5.41) is 3.57. The maximum atomic E-state index is 13.3. The highest BCUT2D eigenvalue weighted by Crippen LogP contribution is 2.46. The summed E-state index contributed by atoms with van der Waals surface area (Å²) in [4.78, 5) is 0. The third kappa shape index (κ3) is 3.02. The second-order valence-corrected chi connectivity index (χ2v) is 6.63. The number of ether oxygens (including phenoxy) is 1. The molecule has 1 heterocycles. The van der Waals surface area contributed by atoms with Gasteiger partial charge in [-0.25, -0.2) is 8.78 Å². The molecule has 4 heteroatoms. The average molecular weight is 259 g/mol. The van der Waals surface area contributed by atoms with Crippen LogP contribution in [0.5, 0.6) is 0 Å². The van der Waals surface area contributed by atoms with E-state index in [1.54, 1.807) is 0 Å². The van der Waals surface area contributed by atoms with Crippen molar-refractivity contribution in [2.75, 3.05) is 19.8 Å². The molecule has 0 aromatic heterocycles. The summed E-state index contributed by atoms with van der Waals surface area (Å²) in [6.45, 7) is 2.52. The molecule has 0 radical (unpaired) electrons. The number of hydrogen-bond donors (Lipinski definition) is 1. The van der Waals surface area contributed by atoms with Gasteiger partial charge in [0.2, 0.25) is 5.92 Å². The van der Waals surface area contributed by atoms with Gasteiger partial charge in [0.05, 0.1) is 6.61 Å². The third-order valence-electron chi connectivity index (χ3n) is 4.76. The van der Waals surface area contributed by atoms with Crippen LogP contribution in [0.4, 0.5) is 8.78 Å². The third-order valence-corrected chi connectivity index (χ3v) is 4.76. The molecule has 0 amide bonds. The lowest BCUT2D eigenvalue weighted by molar-refractivity contribution is 0.00226. The summed E-state index contributed by atoms with van der Waals surface area (Å²) in [5.41, 5.74) is 0.133. The maximum absolute atomic E-state index is 13.3. The van der Waals surface area contributed by atoms with Gasteiger partial charge in [0.25, 0.3) is 0 Å². The van der Waals surface area contributed by atoms with Gasteiger partial charge >= 0.3 is 0 Å². The molecule has 0 aromatic carbocycles. The van der Waals surface area contributed by atoms with Gasteiger partial charge in [-0.05, 0) is 38.0 Å². The molecule has 2 saturated carbocycles. The van der Waals surface area contributed by atoms with E-state index in [4.69, 9.17) is 4.74 Å². The van der Waals surface area contributed by atoms with Crippen LogP contribution in [0.15, 0.2) is 0 Å². The second kappa shape index (κ2) is 4.71. The first-order valence-corrected chi connectivity index (χ1v) is 7.26. The molecule has 0 bridgehead atoms. The molecule has 3 aliphatic rings. The first kappa shape index (κ1) is 12.8. The summed E-state index contributed by atoms with van der Waals surface area (Å²) < 4.78 is 32.1. The van der Waals surface area contributed by atoms with E-state index in [1.165, 1.54) is 12.8 Å². The van der Waals surface area contributed by atoms with Crippen molar-refractivity contribution < 1.29 is 13.5 Å². The number of nitrogens with one attached hydrogen (secondary N) is 1. The van der Waals surface area contributed by atoms with Crippen molar-refractivity contribution in [3.8, 4) is 0 Å². The van der Waals surface area contributed by atoms with Crippen LogP contribution in [0.2, 0.25) is 0 Å². The first-order chi connectivity index (χ1) is 8.57. The van der Waals surface area contributed by atoms with Gasteiger partial charge in [0.15, 0.2) is 0 Å². The van der Waals surface area contributed by atoms with Crippen molar-refractivity contribution in [3.05, 3.63) is 0 Å². The largest absolute Gasteiger partial charge is 0.381 e. The van der Waals surface area contributed by atoms with Crippen LogP contribution in [0, 0.1) is 11.3 Å². The Morgan fingerprint density at radius 2 is 2.00 bits per heavy atom. The topological polar surface area (TPSA) is 21.3 Å². The Morgan fingerprint density at radius 1 is 1.17 bits per heavy atom. The highest BCUT2D eigenvalue weighted by atomic mass is 19.3. The molecule has 2 nitrogen and oxygen atoms in total. The highest BCUT2D eigenvalue weighted by molar-refractivity contribution is 4.93. The number of hydrogen-bond acceptors (Lipinski definition) is 2. The van der Waals surface area contributed by atoms with E-state index in [2.05, 4.69) is 5.32 Å². The van der Waals surface area contributed by atoms with Crippen LogP contribution >= 0.6 is 0 Å². The summed E-state index contributed by atoms with van der Waals surface area (Å²) in [6.07, 6.45) is 5.38. The minimum absolute atomic E-state index is 0.0880. The molecule has 3 fully saturated rings. The zero-order valence-electron chi connectivity index (χ0n) is 10.9. The summed E-state index contributed by atoms with van der Waals surface area (Å²) in [7, 11) is 0. The van der Waals surface area contributed by atoms with Crippen LogP contribution in [0.25, 0.3) is 0 Å². The number of alkyl halides is 2. The lowest BCUT2D eigenvalue weighted by Gasteiger charge is -2.30. The number of halogens is 2. The molecule has 2 unspecified atom stereocenters. The van der Waals surface area contributed by atoms with Crippen LogP contribution in [-0.2, 0) is 4.74 Å². The van der Waals surface area contributed by atoms with Crippen LogP contribution in [0.3, 0.4) is 0 Å². The van der Waals surface area contributed by atoms with Gasteiger partial charge < -0.3 is 10.1 Å². The molecule has 104 valence electrons. The van der Waals surface area contributed by atoms with Crippen molar-refractivity contribution in [1.29, 1.82) is 0 Å². The molecular weight excluding hydrogens is 236 g/mol. The van der Waals surface area contributed by atoms with Crippen molar-refractivity contribution in [1.82, 2.24) is 5.32 Å². The Hall–Kier alpha value is -0.220. The van der Waals surface area contributed by atoms with Gasteiger partial charge in [-0.2, -0.15) is 0 Å². The fourth-order valence-corrected chi connectivity index (χ4v) is 3.50.